The van der Waals surface area contributed by atoms with Crippen LogP contribution in [0.15, 0.2) is 28.4 Å². The number of aromatic nitrogens is 2. The molecule has 2 heterocycles. The Morgan fingerprint density at radius 3 is 3.05 bits per heavy atom. The summed E-state index contributed by atoms with van der Waals surface area (Å²) in [6, 6.07) is -0.0675. The summed E-state index contributed by atoms with van der Waals surface area (Å²) in [6.07, 6.45) is 2.84. The number of aromatic amines is 1. The van der Waals surface area contributed by atoms with Crippen molar-refractivity contribution in [1.82, 2.24) is 14.9 Å². The summed E-state index contributed by atoms with van der Waals surface area (Å²) in [5.74, 6) is 0. The fourth-order valence-electron chi connectivity index (χ4n) is 2.32. The van der Waals surface area contributed by atoms with Gasteiger partial charge in [-0.15, -0.1) is 6.58 Å². The highest BCUT2D eigenvalue weighted by atomic mass is 16.5. The van der Waals surface area contributed by atoms with Crippen LogP contribution in [0.1, 0.15) is 18.2 Å². The summed E-state index contributed by atoms with van der Waals surface area (Å²) in [4.78, 5) is 25.4. The van der Waals surface area contributed by atoms with Gasteiger partial charge in [-0.05, 0) is 6.92 Å². The number of H-pyrrole nitrogens is 1. The molecular formula is C13H19N3O4. The van der Waals surface area contributed by atoms with Crippen molar-refractivity contribution < 1.29 is 9.84 Å². The molecule has 3 N–H and O–H groups in total. The molecule has 0 bridgehead atoms. The Morgan fingerprint density at radius 1 is 1.65 bits per heavy atom. The maximum Gasteiger partial charge on any atom is 0.330 e. The molecule has 2 rings (SSSR count). The first kappa shape index (κ1) is 14.7. The van der Waals surface area contributed by atoms with Crippen LogP contribution in [0.5, 0.6) is 0 Å². The van der Waals surface area contributed by atoms with Gasteiger partial charge in [-0.3, -0.25) is 14.3 Å². The molecule has 3 atom stereocenters. The van der Waals surface area contributed by atoms with Crippen molar-refractivity contribution >= 4 is 0 Å². The van der Waals surface area contributed by atoms with Gasteiger partial charge >= 0.3 is 5.69 Å². The van der Waals surface area contributed by atoms with Crippen molar-refractivity contribution in [3.63, 3.8) is 0 Å². The third kappa shape index (κ3) is 2.90. The van der Waals surface area contributed by atoms with E-state index < -0.39 is 17.5 Å². The molecule has 0 saturated carbocycles. The van der Waals surface area contributed by atoms with Gasteiger partial charge in [0.2, 0.25) is 0 Å². The topological polar surface area (TPSA) is 96.4 Å². The first-order valence-electron chi connectivity index (χ1n) is 6.49. The van der Waals surface area contributed by atoms with Crippen LogP contribution in [0.2, 0.25) is 0 Å². The molecule has 7 nitrogen and oxygen atoms in total. The highest BCUT2D eigenvalue weighted by Gasteiger charge is 2.35. The lowest BCUT2D eigenvalue weighted by molar-refractivity contribution is -0.0289. The molecule has 0 aromatic carbocycles. The summed E-state index contributed by atoms with van der Waals surface area (Å²) in [5.41, 5.74) is -0.466. The molecule has 1 saturated heterocycles. The predicted molar refractivity (Wildman–Crippen MR) is 73.7 cm³/mol. The molecule has 0 aliphatic carbocycles. The van der Waals surface area contributed by atoms with Crippen LogP contribution in [-0.4, -0.2) is 40.0 Å². The van der Waals surface area contributed by atoms with E-state index in [2.05, 4.69) is 16.9 Å². The minimum absolute atomic E-state index is 0.0675. The summed E-state index contributed by atoms with van der Waals surface area (Å²) >= 11 is 0. The zero-order valence-corrected chi connectivity index (χ0v) is 11.3. The average molecular weight is 281 g/mol. The third-order valence-electron chi connectivity index (χ3n) is 3.40. The predicted octanol–water partition coefficient (Wildman–Crippen LogP) is -0.731. The normalized spacial score (nSPS) is 25.8. The molecule has 110 valence electrons. The van der Waals surface area contributed by atoms with Crippen LogP contribution in [0.4, 0.5) is 0 Å². The average Bonchev–Trinajstić information content (AvgIpc) is 2.83. The van der Waals surface area contributed by atoms with Gasteiger partial charge in [0.15, 0.2) is 0 Å². The fourth-order valence-corrected chi connectivity index (χ4v) is 2.32. The van der Waals surface area contributed by atoms with E-state index in [1.54, 1.807) is 13.0 Å². The van der Waals surface area contributed by atoms with E-state index in [0.717, 1.165) is 0 Å². The van der Waals surface area contributed by atoms with Crippen LogP contribution in [0, 0.1) is 6.92 Å². The highest BCUT2D eigenvalue weighted by Crippen LogP contribution is 2.27. The lowest BCUT2D eigenvalue weighted by atomic mass is 10.1. The Kier molecular flexibility index (Phi) is 4.53. The zero-order valence-electron chi connectivity index (χ0n) is 11.3. The van der Waals surface area contributed by atoms with Crippen molar-refractivity contribution in [3.8, 4) is 0 Å². The van der Waals surface area contributed by atoms with Crippen molar-refractivity contribution in [1.29, 1.82) is 0 Å². The van der Waals surface area contributed by atoms with E-state index in [4.69, 9.17) is 4.74 Å². The Labute approximate surface area is 115 Å². The van der Waals surface area contributed by atoms with Gasteiger partial charge in [0.1, 0.15) is 6.23 Å². The van der Waals surface area contributed by atoms with Crippen molar-refractivity contribution in [2.45, 2.75) is 31.7 Å². The number of aliphatic hydroxyl groups excluding tert-OH is 1. The lowest BCUT2D eigenvalue weighted by Gasteiger charge is -2.16. The second-order valence-corrected chi connectivity index (χ2v) is 4.83. The smallest absolute Gasteiger partial charge is 0.330 e. The van der Waals surface area contributed by atoms with Crippen LogP contribution >= 0.6 is 0 Å². The minimum atomic E-state index is -0.508. The number of nitrogens with one attached hydrogen (secondary N) is 2. The number of hydrogen-bond donors (Lipinski definition) is 3. The minimum Gasteiger partial charge on any atom is -0.394 e. The summed E-state index contributed by atoms with van der Waals surface area (Å²) in [5, 5.41) is 12.5. The number of hydrogen-bond acceptors (Lipinski definition) is 5. The van der Waals surface area contributed by atoms with Gasteiger partial charge in [-0.1, -0.05) is 6.08 Å². The number of aliphatic hydroxyl groups is 1. The molecule has 0 spiro atoms. The first-order valence-corrected chi connectivity index (χ1v) is 6.49. The van der Waals surface area contributed by atoms with Crippen molar-refractivity contribution in [2.75, 3.05) is 13.2 Å². The first-order chi connectivity index (χ1) is 9.56. The molecule has 1 fully saturated rings. The number of nitrogens with zero attached hydrogens (tertiary/aromatic N) is 1. The third-order valence-corrected chi connectivity index (χ3v) is 3.40. The molecule has 1 aliphatic rings. The van der Waals surface area contributed by atoms with E-state index in [9.17, 15) is 14.7 Å². The van der Waals surface area contributed by atoms with Crippen molar-refractivity contribution in [2.24, 2.45) is 0 Å². The molecule has 7 heteroatoms. The van der Waals surface area contributed by atoms with E-state index >= 15 is 0 Å². The van der Waals surface area contributed by atoms with Gasteiger partial charge in [0.25, 0.3) is 5.56 Å². The molecule has 0 unspecified atom stereocenters. The van der Waals surface area contributed by atoms with Gasteiger partial charge in [-0.25, -0.2) is 4.79 Å². The molecular weight excluding hydrogens is 262 g/mol. The Hall–Kier alpha value is -1.70. The van der Waals surface area contributed by atoms with Crippen LogP contribution in [0.3, 0.4) is 0 Å². The maximum atomic E-state index is 11.8. The molecule has 0 radical (unpaired) electrons. The molecule has 1 aromatic rings. The highest BCUT2D eigenvalue weighted by molar-refractivity contribution is 5.02. The van der Waals surface area contributed by atoms with E-state index in [-0.39, 0.29) is 18.8 Å². The van der Waals surface area contributed by atoms with Gasteiger partial charge in [-0.2, -0.15) is 0 Å². The van der Waals surface area contributed by atoms with Crippen LogP contribution in [0.25, 0.3) is 0 Å². The lowest BCUT2D eigenvalue weighted by Crippen LogP contribution is -2.38. The maximum absolute atomic E-state index is 11.8. The Bertz CT molecular complexity index is 592. The Morgan fingerprint density at radius 2 is 2.40 bits per heavy atom. The number of ether oxygens (including phenoxy) is 1. The summed E-state index contributed by atoms with van der Waals surface area (Å²) in [7, 11) is 0. The number of aryl methyl sites for hydroxylation is 1. The van der Waals surface area contributed by atoms with E-state index in [1.807, 2.05) is 0 Å². The molecule has 0 amide bonds. The molecule has 20 heavy (non-hydrogen) atoms. The SMILES string of the molecule is C=CCN[C@@H]1C[C@H](n2cc(C)c(=O)[nH]c2=O)O[C@@H]1CO. The second-order valence-electron chi connectivity index (χ2n) is 4.83. The standard InChI is InChI=1S/C13H19N3O4/c1-3-4-14-9-5-11(20-10(9)7-17)16-6-8(2)12(18)15-13(16)19/h3,6,9-11,14,17H,1,4-5,7H2,2H3,(H,15,18,19)/t9-,10-,11-/m1/s1. The zero-order chi connectivity index (χ0) is 14.7. The molecule has 1 aliphatic heterocycles. The summed E-state index contributed by atoms with van der Waals surface area (Å²) in [6.45, 7) is 5.71. The van der Waals surface area contributed by atoms with Crippen molar-refractivity contribution in [3.05, 3.63) is 45.3 Å². The Balaban J connectivity index is 2.22. The van der Waals surface area contributed by atoms with Gasteiger partial charge in [0.05, 0.1) is 12.7 Å². The van der Waals surface area contributed by atoms with E-state index in [0.29, 0.717) is 18.5 Å². The monoisotopic (exact) mass is 281 g/mol. The van der Waals surface area contributed by atoms with Gasteiger partial charge in [0, 0.05) is 30.8 Å². The number of rotatable bonds is 5. The van der Waals surface area contributed by atoms with E-state index in [1.165, 1.54) is 10.8 Å². The largest absolute Gasteiger partial charge is 0.394 e. The summed E-state index contributed by atoms with van der Waals surface area (Å²) < 4.78 is 7.03. The quantitative estimate of drug-likeness (QED) is 0.618. The molecule has 1 aromatic heterocycles. The van der Waals surface area contributed by atoms with Crippen LogP contribution < -0.4 is 16.6 Å². The van der Waals surface area contributed by atoms with Crippen LogP contribution in [-0.2, 0) is 4.74 Å². The second kappa shape index (κ2) is 6.17. The van der Waals surface area contributed by atoms with Gasteiger partial charge < -0.3 is 15.2 Å². The fraction of sp³-hybridized carbons (Fsp3) is 0.538.